The minimum absolute atomic E-state index is 0.0536. The number of aromatic nitrogens is 3. The van der Waals surface area contributed by atoms with Gasteiger partial charge < -0.3 is 10.2 Å². The minimum Gasteiger partial charge on any atom is -0.342 e. The molecule has 0 radical (unpaired) electrons. The highest BCUT2D eigenvalue weighted by Crippen LogP contribution is 2.20. The molecular formula is C21H19ClFN5O2. The van der Waals surface area contributed by atoms with Gasteiger partial charge in [-0.3, -0.25) is 9.59 Å². The quantitative estimate of drug-likeness (QED) is 0.694. The van der Waals surface area contributed by atoms with Gasteiger partial charge in [0, 0.05) is 13.1 Å². The third-order valence-electron chi connectivity index (χ3n) is 5.14. The molecule has 0 unspecified atom stereocenters. The molecule has 2 aromatic carbocycles. The third kappa shape index (κ3) is 3.91. The van der Waals surface area contributed by atoms with Crippen molar-refractivity contribution in [3.63, 3.8) is 0 Å². The fourth-order valence-electron chi connectivity index (χ4n) is 3.46. The second-order valence-electron chi connectivity index (χ2n) is 7.05. The Balaban J connectivity index is 1.40. The average Bonchev–Trinajstić information content (AvgIpc) is 3.14. The van der Waals surface area contributed by atoms with Gasteiger partial charge in [0.2, 0.25) is 5.91 Å². The zero-order chi connectivity index (χ0) is 21.3. The summed E-state index contributed by atoms with van der Waals surface area (Å²) < 4.78 is 14.8. The zero-order valence-electron chi connectivity index (χ0n) is 16.2. The Morgan fingerprint density at radius 1 is 1.20 bits per heavy atom. The maximum absolute atomic E-state index is 13.4. The molecule has 7 nitrogen and oxygen atoms in total. The van der Waals surface area contributed by atoms with Gasteiger partial charge in [0.15, 0.2) is 5.69 Å². The normalized spacial score (nSPS) is 13.1. The maximum Gasteiger partial charge on any atom is 0.274 e. The van der Waals surface area contributed by atoms with E-state index in [1.54, 1.807) is 11.8 Å². The van der Waals surface area contributed by atoms with Gasteiger partial charge in [-0.15, -0.1) is 5.10 Å². The van der Waals surface area contributed by atoms with Crippen LogP contribution in [0.25, 0.3) is 5.69 Å². The molecule has 0 saturated carbocycles. The van der Waals surface area contributed by atoms with Crippen molar-refractivity contribution in [2.24, 2.45) is 0 Å². The number of rotatable bonds is 4. The summed E-state index contributed by atoms with van der Waals surface area (Å²) in [5.41, 5.74) is 3.40. The molecule has 154 valence electrons. The van der Waals surface area contributed by atoms with Gasteiger partial charge in [0.1, 0.15) is 5.82 Å². The predicted octanol–water partition coefficient (Wildman–Crippen LogP) is 2.68. The number of amides is 2. The Morgan fingerprint density at radius 2 is 1.97 bits per heavy atom. The van der Waals surface area contributed by atoms with Crippen molar-refractivity contribution in [3.05, 3.63) is 75.8 Å². The molecular weight excluding hydrogens is 409 g/mol. The van der Waals surface area contributed by atoms with Crippen LogP contribution in [0.4, 0.5) is 4.39 Å². The summed E-state index contributed by atoms with van der Waals surface area (Å²) in [6, 6.07) is 12.1. The van der Waals surface area contributed by atoms with Crippen LogP contribution in [0.5, 0.6) is 0 Å². The van der Waals surface area contributed by atoms with Crippen LogP contribution < -0.4 is 5.32 Å². The van der Waals surface area contributed by atoms with Gasteiger partial charge in [0.25, 0.3) is 5.91 Å². The van der Waals surface area contributed by atoms with E-state index in [2.05, 4.69) is 21.7 Å². The molecule has 4 rings (SSSR count). The summed E-state index contributed by atoms with van der Waals surface area (Å²) in [6.07, 6.45) is 0.795. The standard InChI is InChI=1S/C21H19ClFN5O2/c1-13-20(25-26-28(13)16-6-7-18(23)17(22)10-16)21(30)24-11-19(29)27-9-8-14-4-2-3-5-15(14)12-27/h2-7,10H,8-9,11-12H2,1H3,(H,24,30). The number of nitrogens with zero attached hydrogens (tertiary/aromatic N) is 4. The number of hydrogen-bond donors (Lipinski definition) is 1. The second kappa shape index (κ2) is 8.23. The van der Waals surface area contributed by atoms with Crippen molar-refractivity contribution >= 4 is 23.4 Å². The Bertz CT molecular complexity index is 1130. The summed E-state index contributed by atoms with van der Waals surface area (Å²) in [7, 11) is 0. The Morgan fingerprint density at radius 3 is 2.73 bits per heavy atom. The van der Waals surface area contributed by atoms with Gasteiger partial charge >= 0.3 is 0 Å². The molecule has 9 heteroatoms. The van der Waals surface area contributed by atoms with E-state index in [1.165, 1.54) is 28.4 Å². The van der Waals surface area contributed by atoms with E-state index in [4.69, 9.17) is 11.6 Å². The summed E-state index contributed by atoms with van der Waals surface area (Å²) in [5.74, 6) is -1.21. The van der Waals surface area contributed by atoms with E-state index >= 15 is 0 Å². The molecule has 0 spiro atoms. The highest BCUT2D eigenvalue weighted by atomic mass is 35.5. The molecule has 1 aliphatic heterocycles. The SMILES string of the molecule is Cc1c(C(=O)NCC(=O)N2CCc3ccccc3C2)nnn1-c1ccc(F)c(Cl)c1. The highest BCUT2D eigenvalue weighted by Gasteiger charge is 2.22. The number of carbonyl (C=O) groups is 2. The van der Waals surface area contributed by atoms with Crippen LogP contribution in [0, 0.1) is 12.7 Å². The summed E-state index contributed by atoms with van der Waals surface area (Å²) in [6.45, 7) is 2.68. The fourth-order valence-corrected chi connectivity index (χ4v) is 3.64. The smallest absolute Gasteiger partial charge is 0.274 e. The minimum atomic E-state index is -0.546. The Hall–Kier alpha value is -3.26. The number of nitrogens with one attached hydrogen (secondary N) is 1. The summed E-state index contributed by atoms with van der Waals surface area (Å²) in [4.78, 5) is 26.8. The summed E-state index contributed by atoms with van der Waals surface area (Å²) >= 11 is 5.82. The van der Waals surface area contributed by atoms with E-state index < -0.39 is 11.7 Å². The number of hydrogen-bond acceptors (Lipinski definition) is 4. The van der Waals surface area contributed by atoms with Gasteiger partial charge in [0.05, 0.1) is 22.9 Å². The number of halogens is 2. The molecule has 1 aromatic heterocycles. The van der Waals surface area contributed by atoms with E-state index in [0.717, 1.165) is 12.0 Å². The molecule has 2 heterocycles. The van der Waals surface area contributed by atoms with Crippen LogP contribution in [0.2, 0.25) is 5.02 Å². The largest absolute Gasteiger partial charge is 0.342 e. The fraction of sp³-hybridized carbons (Fsp3) is 0.238. The Kier molecular flexibility index (Phi) is 5.50. The van der Waals surface area contributed by atoms with Crippen LogP contribution in [0.1, 0.15) is 27.3 Å². The van der Waals surface area contributed by atoms with Crippen molar-refractivity contribution in [2.75, 3.05) is 13.1 Å². The first-order valence-corrected chi connectivity index (χ1v) is 9.82. The molecule has 0 saturated heterocycles. The van der Waals surface area contributed by atoms with E-state index in [-0.39, 0.29) is 23.2 Å². The third-order valence-corrected chi connectivity index (χ3v) is 5.43. The molecule has 0 aliphatic carbocycles. The lowest BCUT2D eigenvalue weighted by Crippen LogP contribution is -2.42. The molecule has 2 amide bonds. The zero-order valence-corrected chi connectivity index (χ0v) is 17.0. The molecule has 0 atom stereocenters. The Labute approximate surface area is 177 Å². The van der Waals surface area contributed by atoms with Crippen LogP contribution in [0.15, 0.2) is 42.5 Å². The number of carbonyl (C=O) groups excluding carboxylic acids is 2. The molecule has 3 aromatic rings. The van der Waals surface area contributed by atoms with Crippen LogP contribution in [-0.4, -0.2) is 44.8 Å². The lowest BCUT2D eigenvalue weighted by Gasteiger charge is -2.28. The van der Waals surface area contributed by atoms with Crippen molar-refractivity contribution in [1.29, 1.82) is 0 Å². The molecule has 0 fully saturated rings. The first-order chi connectivity index (χ1) is 14.4. The van der Waals surface area contributed by atoms with E-state index in [0.29, 0.717) is 24.5 Å². The van der Waals surface area contributed by atoms with Crippen LogP contribution in [-0.2, 0) is 17.8 Å². The van der Waals surface area contributed by atoms with Crippen LogP contribution >= 0.6 is 11.6 Å². The average molecular weight is 428 g/mol. The van der Waals surface area contributed by atoms with Crippen molar-refractivity contribution in [3.8, 4) is 5.69 Å². The highest BCUT2D eigenvalue weighted by molar-refractivity contribution is 6.30. The predicted molar refractivity (Wildman–Crippen MR) is 109 cm³/mol. The summed E-state index contributed by atoms with van der Waals surface area (Å²) in [5, 5.41) is 10.4. The number of fused-ring (bicyclic) bond motifs is 1. The van der Waals surface area contributed by atoms with Gasteiger partial charge in [-0.05, 0) is 42.7 Å². The van der Waals surface area contributed by atoms with E-state index in [1.807, 2.05) is 18.2 Å². The molecule has 0 bridgehead atoms. The molecule has 30 heavy (non-hydrogen) atoms. The monoisotopic (exact) mass is 427 g/mol. The topological polar surface area (TPSA) is 80.1 Å². The van der Waals surface area contributed by atoms with Crippen molar-refractivity contribution in [2.45, 2.75) is 19.9 Å². The van der Waals surface area contributed by atoms with Gasteiger partial charge in [-0.2, -0.15) is 0 Å². The first kappa shape index (κ1) is 20.0. The van der Waals surface area contributed by atoms with Crippen molar-refractivity contribution < 1.29 is 14.0 Å². The van der Waals surface area contributed by atoms with Crippen molar-refractivity contribution in [1.82, 2.24) is 25.2 Å². The molecule has 1 N–H and O–H groups in total. The number of benzene rings is 2. The second-order valence-corrected chi connectivity index (χ2v) is 7.46. The first-order valence-electron chi connectivity index (χ1n) is 9.44. The molecule has 1 aliphatic rings. The van der Waals surface area contributed by atoms with Gasteiger partial charge in [-0.25, -0.2) is 9.07 Å². The maximum atomic E-state index is 13.4. The lowest BCUT2D eigenvalue weighted by atomic mass is 10.00. The van der Waals surface area contributed by atoms with Gasteiger partial charge in [-0.1, -0.05) is 41.1 Å². The van der Waals surface area contributed by atoms with Crippen LogP contribution in [0.3, 0.4) is 0 Å². The lowest BCUT2D eigenvalue weighted by molar-refractivity contribution is -0.131. The van der Waals surface area contributed by atoms with E-state index in [9.17, 15) is 14.0 Å².